The molecule has 0 spiro atoms. The normalized spacial score (nSPS) is 35.3. The Bertz CT molecular complexity index is 455. The maximum Gasteiger partial charge on any atom is 0.235 e. The first-order chi connectivity index (χ1) is 8.34. The molecule has 5 nitrogen and oxygen atoms in total. The van der Waals surface area contributed by atoms with Crippen molar-refractivity contribution in [1.82, 2.24) is 10.2 Å². The van der Waals surface area contributed by atoms with Gasteiger partial charge in [-0.2, -0.15) is 0 Å². The molecule has 1 N–H and O–H groups in total. The van der Waals surface area contributed by atoms with Crippen LogP contribution in [0.1, 0.15) is 20.8 Å². The van der Waals surface area contributed by atoms with Crippen LogP contribution < -0.4 is 5.32 Å². The van der Waals surface area contributed by atoms with E-state index in [1.165, 1.54) is 18.9 Å². The summed E-state index contributed by atoms with van der Waals surface area (Å²) in [6.45, 7) is 5.25. The van der Waals surface area contributed by atoms with Crippen molar-refractivity contribution in [2.24, 2.45) is 17.8 Å². The SMILES string of the molecule is CC(=O)NC1C(C)=CC(C)C2C(=O)N(C)C(=O)C12. The maximum atomic E-state index is 12.2. The number of likely N-dealkylation sites (tertiary alicyclic amines) is 1. The van der Waals surface area contributed by atoms with Crippen LogP contribution in [0.2, 0.25) is 0 Å². The predicted molar refractivity (Wildman–Crippen MR) is 65.3 cm³/mol. The first-order valence-electron chi connectivity index (χ1n) is 6.11. The molecule has 5 heteroatoms. The average molecular weight is 250 g/mol. The standard InChI is InChI=1S/C13H18N2O3/c1-6-5-7(2)11(14-8(3)16)10-9(6)12(17)15(4)13(10)18/h5-6,9-11H,1-4H3,(H,14,16). The van der Waals surface area contributed by atoms with Gasteiger partial charge in [-0.25, -0.2) is 0 Å². The minimum atomic E-state index is -0.452. The molecule has 1 saturated heterocycles. The number of imide groups is 1. The average Bonchev–Trinajstić information content (AvgIpc) is 2.49. The molecule has 0 aromatic rings. The minimum Gasteiger partial charge on any atom is -0.349 e. The highest BCUT2D eigenvalue weighted by atomic mass is 16.2. The van der Waals surface area contributed by atoms with Gasteiger partial charge in [-0.05, 0) is 12.8 Å². The molecule has 3 amide bonds. The zero-order chi connectivity index (χ0) is 13.6. The van der Waals surface area contributed by atoms with Crippen LogP contribution in [0, 0.1) is 17.8 Å². The predicted octanol–water partition coefficient (Wildman–Crippen LogP) is 0.318. The van der Waals surface area contributed by atoms with E-state index >= 15 is 0 Å². The molecule has 4 unspecified atom stereocenters. The number of carbonyl (C=O) groups excluding carboxylic acids is 3. The van der Waals surface area contributed by atoms with Gasteiger partial charge in [-0.1, -0.05) is 18.6 Å². The lowest BCUT2D eigenvalue weighted by Gasteiger charge is -2.33. The summed E-state index contributed by atoms with van der Waals surface area (Å²) < 4.78 is 0. The van der Waals surface area contributed by atoms with Crippen molar-refractivity contribution in [2.45, 2.75) is 26.8 Å². The molecule has 0 saturated carbocycles. The van der Waals surface area contributed by atoms with E-state index in [4.69, 9.17) is 0 Å². The summed E-state index contributed by atoms with van der Waals surface area (Å²) in [6.07, 6.45) is 1.98. The summed E-state index contributed by atoms with van der Waals surface area (Å²) in [6, 6.07) is -0.356. The molecule has 98 valence electrons. The zero-order valence-corrected chi connectivity index (χ0v) is 11.1. The summed E-state index contributed by atoms with van der Waals surface area (Å²) in [7, 11) is 1.51. The van der Waals surface area contributed by atoms with Crippen LogP contribution in [-0.4, -0.2) is 35.7 Å². The van der Waals surface area contributed by atoms with Crippen LogP contribution in [0.4, 0.5) is 0 Å². The van der Waals surface area contributed by atoms with Crippen LogP contribution >= 0.6 is 0 Å². The molecule has 1 heterocycles. The molecular formula is C13H18N2O3. The Morgan fingerprint density at radius 2 is 1.83 bits per heavy atom. The zero-order valence-electron chi connectivity index (χ0n) is 11.1. The van der Waals surface area contributed by atoms with E-state index in [0.717, 1.165) is 5.57 Å². The third kappa shape index (κ3) is 1.74. The van der Waals surface area contributed by atoms with Gasteiger partial charge in [0, 0.05) is 14.0 Å². The molecule has 0 radical (unpaired) electrons. The molecule has 1 aliphatic heterocycles. The Balaban J connectivity index is 2.42. The fourth-order valence-electron chi connectivity index (χ4n) is 3.09. The van der Waals surface area contributed by atoms with E-state index in [-0.39, 0.29) is 35.6 Å². The quantitative estimate of drug-likeness (QED) is 0.538. The van der Waals surface area contributed by atoms with E-state index in [9.17, 15) is 14.4 Å². The van der Waals surface area contributed by atoms with Gasteiger partial charge in [0.05, 0.1) is 17.9 Å². The van der Waals surface area contributed by atoms with Gasteiger partial charge >= 0.3 is 0 Å². The van der Waals surface area contributed by atoms with Gasteiger partial charge in [-0.15, -0.1) is 0 Å². The van der Waals surface area contributed by atoms with E-state index in [0.29, 0.717) is 0 Å². The largest absolute Gasteiger partial charge is 0.349 e. The van der Waals surface area contributed by atoms with Crippen LogP contribution in [0.3, 0.4) is 0 Å². The summed E-state index contributed by atoms with van der Waals surface area (Å²) in [5.41, 5.74) is 0.954. The molecule has 4 atom stereocenters. The number of carbonyl (C=O) groups is 3. The number of fused-ring (bicyclic) bond motifs is 1. The lowest BCUT2D eigenvalue weighted by Crippen LogP contribution is -2.48. The summed E-state index contributed by atoms with van der Waals surface area (Å²) in [4.78, 5) is 36.7. The van der Waals surface area contributed by atoms with Gasteiger partial charge in [-0.3, -0.25) is 19.3 Å². The smallest absolute Gasteiger partial charge is 0.235 e. The van der Waals surface area contributed by atoms with E-state index in [1.54, 1.807) is 0 Å². The topological polar surface area (TPSA) is 66.5 Å². The van der Waals surface area contributed by atoms with E-state index in [2.05, 4.69) is 5.32 Å². The molecule has 2 aliphatic rings. The number of hydrogen-bond donors (Lipinski definition) is 1. The van der Waals surface area contributed by atoms with Crippen molar-refractivity contribution in [3.05, 3.63) is 11.6 Å². The van der Waals surface area contributed by atoms with Gasteiger partial charge in [0.15, 0.2) is 0 Å². The molecule has 2 rings (SSSR count). The Kier molecular flexibility index (Phi) is 3.00. The minimum absolute atomic E-state index is 0.0291. The van der Waals surface area contributed by atoms with Crippen LogP contribution in [0.5, 0.6) is 0 Å². The highest BCUT2D eigenvalue weighted by Gasteiger charge is 2.53. The number of nitrogens with zero attached hydrogens (tertiary/aromatic N) is 1. The van der Waals surface area contributed by atoms with Crippen molar-refractivity contribution >= 4 is 17.7 Å². The third-order valence-electron chi connectivity index (χ3n) is 3.92. The monoisotopic (exact) mass is 250 g/mol. The molecule has 18 heavy (non-hydrogen) atoms. The van der Waals surface area contributed by atoms with E-state index < -0.39 is 5.92 Å². The van der Waals surface area contributed by atoms with Crippen molar-refractivity contribution in [2.75, 3.05) is 7.05 Å². The van der Waals surface area contributed by atoms with Crippen LogP contribution in [0.15, 0.2) is 11.6 Å². The lowest BCUT2D eigenvalue weighted by atomic mass is 9.72. The molecular weight excluding hydrogens is 232 g/mol. The summed E-state index contributed by atoms with van der Waals surface area (Å²) in [5, 5.41) is 2.79. The van der Waals surface area contributed by atoms with Crippen molar-refractivity contribution in [3.63, 3.8) is 0 Å². The number of allylic oxidation sites excluding steroid dienone is 1. The van der Waals surface area contributed by atoms with Crippen LogP contribution in [0.25, 0.3) is 0 Å². The lowest BCUT2D eigenvalue weighted by molar-refractivity contribution is -0.138. The molecule has 0 bridgehead atoms. The first-order valence-corrected chi connectivity index (χ1v) is 6.11. The number of rotatable bonds is 1. The Hall–Kier alpha value is -1.65. The van der Waals surface area contributed by atoms with Crippen LogP contribution in [-0.2, 0) is 14.4 Å². The summed E-state index contributed by atoms with van der Waals surface area (Å²) in [5.74, 6) is -1.29. The van der Waals surface area contributed by atoms with Gasteiger partial charge < -0.3 is 5.32 Å². The second kappa shape index (κ2) is 4.23. The van der Waals surface area contributed by atoms with E-state index in [1.807, 2.05) is 19.9 Å². The Labute approximate surface area is 106 Å². The third-order valence-corrected chi connectivity index (χ3v) is 3.92. The van der Waals surface area contributed by atoms with Crippen molar-refractivity contribution in [1.29, 1.82) is 0 Å². The fourth-order valence-corrected chi connectivity index (χ4v) is 3.09. The number of amides is 3. The number of hydrogen-bond acceptors (Lipinski definition) is 3. The first kappa shape index (κ1) is 12.8. The Morgan fingerprint density at radius 3 is 2.39 bits per heavy atom. The van der Waals surface area contributed by atoms with Crippen molar-refractivity contribution < 1.29 is 14.4 Å². The highest BCUT2D eigenvalue weighted by Crippen LogP contribution is 2.40. The van der Waals surface area contributed by atoms with Crippen molar-refractivity contribution in [3.8, 4) is 0 Å². The number of nitrogens with one attached hydrogen (secondary N) is 1. The Morgan fingerprint density at radius 1 is 1.28 bits per heavy atom. The molecule has 0 aromatic heterocycles. The maximum absolute atomic E-state index is 12.2. The second-order valence-corrected chi connectivity index (χ2v) is 5.24. The highest BCUT2D eigenvalue weighted by molar-refractivity contribution is 6.06. The second-order valence-electron chi connectivity index (χ2n) is 5.24. The van der Waals surface area contributed by atoms with Gasteiger partial charge in [0.1, 0.15) is 0 Å². The van der Waals surface area contributed by atoms with Gasteiger partial charge in [0.2, 0.25) is 17.7 Å². The van der Waals surface area contributed by atoms with Gasteiger partial charge in [0.25, 0.3) is 0 Å². The molecule has 0 aromatic carbocycles. The summed E-state index contributed by atoms with van der Waals surface area (Å²) >= 11 is 0. The fraction of sp³-hybridized carbons (Fsp3) is 0.615. The molecule has 1 fully saturated rings. The molecule has 1 aliphatic carbocycles.